The molecule has 2 aliphatic heterocycles. The summed E-state index contributed by atoms with van der Waals surface area (Å²) in [6.07, 6.45) is 4.33. The highest BCUT2D eigenvalue weighted by Crippen LogP contribution is 2.29. The number of carbonyl (C=O) groups is 2. The van der Waals surface area contributed by atoms with Crippen molar-refractivity contribution in [1.82, 2.24) is 5.32 Å². The molecule has 0 aromatic heterocycles. The molecule has 0 bridgehead atoms. The Morgan fingerprint density at radius 2 is 1.81 bits per heavy atom. The van der Waals surface area contributed by atoms with E-state index in [1.807, 2.05) is 30.3 Å². The Kier molecular flexibility index (Phi) is 6.87. The molecule has 0 spiro atoms. The largest absolute Gasteiger partial charge is 0.376 e. The molecule has 2 fully saturated rings. The van der Waals surface area contributed by atoms with Gasteiger partial charge in [0.25, 0.3) is 11.8 Å². The Hall–Kier alpha value is -2.86. The van der Waals surface area contributed by atoms with E-state index in [-0.39, 0.29) is 17.9 Å². The summed E-state index contributed by atoms with van der Waals surface area (Å²) in [7, 11) is 0. The molecular formula is C25H31N3O3. The van der Waals surface area contributed by atoms with Crippen LogP contribution in [-0.2, 0) is 4.74 Å². The number of hydrogen-bond acceptors (Lipinski definition) is 4. The summed E-state index contributed by atoms with van der Waals surface area (Å²) >= 11 is 0. The number of benzene rings is 2. The van der Waals surface area contributed by atoms with Crippen molar-refractivity contribution in [3.8, 4) is 0 Å². The zero-order valence-corrected chi connectivity index (χ0v) is 18.1. The Morgan fingerprint density at radius 1 is 1.03 bits per heavy atom. The molecule has 2 amide bonds. The highest BCUT2D eigenvalue weighted by Gasteiger charge is 2.23. The zero-order chi connectivity index (χ0) is 21.6. The molecule has 2 heterocycles. The van der Waals surface area contributed by atoms with Crippen LogP contribution < -0.4 is 15.5 Å². The minimum atomic E-state index is -0.189. The molecule has 0 unspecified atom stereocenters. The first-order chi connectivity index (χ1) is 15.1. The molecule has 4 rings (SSSR count). The van der Waals surface area contributed by atoms with Crippen molar-refractivity contribution >= 4 is 23.2 Å². The van der Waals surface area contributed by atoms with E-state index in [2.05, 4.69) is 22.5 Å². The molecular weight excluding hydrogens is 390 g/mol. The Bertz CT molecular complexity index is 901. The number of ether oxygens (including phenoxy) is 1. The Balaban J connectivity index is 1.54. The average Bonchev–Trinajstić information content (AvgIpc) is 3.32. The zero-order valence-electron chi connectivity index (χ0n) is 18.1. The van der Waals surface area contributed by atoms with Crippen LogP contribution in [0.1, 0.15) is 53.3 Å². The van der Waals surface area contributed by atoms with E-state index in [1.54, 1.807) is 18.2 Å². The second-order valence-corrected chi connectivity index (χ2v) is 8.57. The number of piperidine rings is 1. The summed E-state index contributed by atoms with van der Waals surface area (Å²) in [4.78, 5) is 28.0. The Morgan fingerprint density at radius 3 is 2.52 bits per heavy atom. The molecule has 2 saturated heterocycles. The van der Waals surface area contributed by atoms with Crippen molar-refractivity contribution in [2.24, 2.45) is 5.92 Å². The van der Waals surface area contributed by atoms with Crippen molar-refractivity contribution in [3.63, 3.8) is 0 Å². The van der Waals surface area contributed by atoms with Gasteiger partial charge < -0.3 is 20.3 Å². The van der Waals surface area contributed by atoms with Crippen molar-refractivity contribution in [1.29, 1.82) is 0 Å². The molecule has 6 heteroatoms. The first-order valence-corrected chi connectivity index (χ1v) is 11.3. The normalized spacial score (nSPS) is 19.3. The van der Waals surface area contributed by atoms with Crippen LogP contribution >= 0.6 is 0 Å². The van der Waals surface area contributed by atoms with Crippen LogP contribution in [0.2, 0.25) is 0 Å². The van der Waals surface area contributed by atoms with Gasteiger partial charge in [0.15, 0.2) is 0 Å². The molecule has 0 saturated carbocycles. The predicted octanol–water partition coefficient (Wildman–Crippen LogP) is 4.08. The topological polar surface area (TPSA) is 70.7 Å². The summed E-state index contributed by atoms with van der Waals surface area (Å²) in [5, 5.41) is 5.96. The van der Waals surface area contributed by atoms with E-state index >= 15 is 0 Å². The number of nitrogens with one attached hydrogen (secondary N) is 2. The first-order valence-electron chi connectivity index (χ1n) is 11.3. The van der Waals surface area contributed by atoms with E-state index in [4.69, 9.17) is 4.74 Å². The van der Waals surface area contributed by atoms with Gasteiger partial charge in [0.1, 0.15) is 0 Å². The van der Waals surface area contributed by atoms with Gasteiger partial charge >= 0.3 is 0 Å². The fraction of sp³-hybridized carbons (Fsp3) is 0.440. The monoisotopic (exact) mass is 421 g/mol. The molecule has 2 aromatic rings. The van der Waals surface area contributed by atoms with Gasteiger partial charge in [-0.05, 0) is 61.9 Å². The van der Waals surface area contributed by atoms with Crippen molar-refractivity contribution in [2.75, 3.05) is 36.5 Å². The van der Waals surface area contributed by atoms with E-state index in [9.17, 15) is 9.59 Å². The van der Waals surface area contributed by atoms with E-state index in [0.717, 1.165) is 51.1 Å². The minimum Gasteiger partial charge on any atom is -0.376 e. The van der Waals surface area contributed by atoms with Crippen molar-refractivity contribution in [3.05, 3.63) is 59.7 Å². The van der Waals surface area contributed by atoms with Gasteiger partial charge in [0, 0.05) is 43.2 Å². The minimum absolute atomic E-state index is 0.0872. The van der Waals surface area contributed by atoms with Crippen LogP contribution in [0, 0.1) is 5.92 Å². The molecule has 6 nitrogen and oxygen atoms in total. The second-order valence-electron chi connectivity index (χ2n) is 8.57. The maximum absolute atomic E-state index is 13.1. The smallest absolute Gasteiger partial charge is 0.255 e. The van der Waals surface area contributed by atoms with E-state index in [0.29, 0.717) is 29.3 Å². The molecule has 2 aliphatic rings. The van der Waals surface area contributed by atoms with Crippen LogP contribution in [-0.4, -0.2) is 44.2 Å². The number of rotatable bonds is 6. The fourth-order valence-corrected chi connectivity index (χ4v) is 4.22. The highest BCUT2D eigenvalue weighted by atomic mass is 16.5. The lowest BCUT2D eigenvalue weighted by Gasteiger charge is -2.33. The van der Waals surface area contributed by atoms with E-state index < -0.39 is 0 Å². The summed E-state index contributed by atoms with van der Waals surface area (Å²) in [6, 6.07) is 14.7. The second kappa shape index (κ2) is 9.96. The third kappa shape index (κ3) is 5.44. The SMILES string of the molecule is CC1CCN(c2ccc(NC(=O)c3ccccc3)cc2C(=O)NC[C@@H]2CCCO2)CC1. The van der Waals surface area contributed by atoms with Crippen LogP contribution in [0.15, 0.2) is 48.5 Å². The fourth-order valence-electron chi connectivity index (χ4n) is 4.22. The van der Waals surface area contributed by atoms with Crippen LogP contribution in [0.25, 0.3) is 0 Å². The van der Waals surface area contributed by atoms with Gasteiger partial charge in [-0.3, -0.25) is 9.59 Å². The van der Waals surface area contributed by atoms with E-state index in [1.165, 1.54) is 0 Å². The van der Waals surface area contributed by atoms with Crippen LogP contribution in [0.5, 0.6) is 0 Å². The molecule has 1 atom stereocenters. The van der Waals surface area contributed by atoms with Crippen molar-refractivity contribution in [2.45, 2.75) is 38.7 Å². The summed E-state index contributed by atoms with van der Waals surface area (Å²) < 4.78 is 5.64. The number of amides is 2. The quantitative estimate of drug-likeness (QED) is 0.737. The van der Waals surface area contributed by atoms with Crippen molar-refractivity contribution < 1.29 is 14.3 Å². The molecule has 164 valence electrons. The van der Waals surface area contributed by atoms with Gasteiger partial charge in [-0.1, -0.05) is 25.1 Å². The maximum Gasteiger partial charge on any atom is 0.255 e. The number of anilines is 2. The summed E-state index contributed by atoms with van der Waals surface area (Å²) in [6.45, 7) is 5.41. The molecule has 2 aromatic carbocycles. The van der Waals surface area contributed by atoms with Gasteiger partial charge in [0.05, 0.1) is 11.7 Å². The maximum atomic E-state index is 13.1. The van der Waals surface area contributed by atoms with Gasteiger partial charge in [-0.2, -0.15) is 0 Å². The Labute approximate surface area is 184 Å². The summed E-state index contributed by atoms with van der Waals surface area (Å²) in [5.74, 6) is 0.392. The average molecular weight is 422 g/mol. The highest BCUT2D eigenvalue weighted by molar-refractivity contribution is 6.06. The number of carbonyl (C=O) groups excluding carboxylic acids is 2. The predicted molar refractivity (Wildman–Crippen MR) is 123 cm³/mol. The third-order valence-corrected chi connectivity index (χ3v) is 6.17. The van der Waals surface area contributed by atoms with Gasteiger partial charge in [-0.15, -0.1) is 0 Å². The lowest BCUT2D eigenvalue weighted by molar-refractivity contribution is 0.0858. The van der Waals surface area contributed by atoms with Crippen LogP contribution in [0.4, 0.5) is 11.4 Å². The van der Waals surface area contributed by atoms with Gasteiger partial charge in [-0.25, -0.2) is 0 Å². The number of nitrogens with zero attached hydrogens (tertiary/aromatic N) is 1. The molecule has 0 aliphatic carbocycles. The standard InChI is InChI=1S/C25H31N3O3/c1-18-11-13-28(14-12-18)23-10-9-20(27-24(29)19-6-3-2-4-7-19)16-22(23)25(30)26-17-21-8-5-15-31-21/h2-4,6-7,9-10,16,18,21H,5,8,11-15,17H2,1H3,(H,26,30)(H,27,29)/t21-/m0/s1. The molecule has 0 radical (unpaired) electrons. The lowest BCUT2D eigenvalue weighted by atomic mass is 9.97. The van der Waals surface area contributed by atoms with Crippen LogP contribution in [0.3, 0.4) is 0 Å². The third-order valence-electron chi connectivity index (χ3n) is 6.17. The first kappa shape index (κ1) is 21.4. The van der Waals surface area contributed by atoms with Gasteiger partial charge in [0.2, 0.25) is 0 Å². The number of hydrogen-bond donors (Lipinski definition) is 2. The molecule has 31 heavy (non-hydrogen) atoms. The lowest BCUT2D eigenvalue weighted by Crippen LogP contribution is -2.36. The summed E-state index contributed by atoms with van der Waals surface area (Å²) in [5.41, 5.74) is 2.72. The molecule has 2 N–H and O–H groups in total.